The Morgan fingerprint density at radius 1 is 1.24 bits per heavy atom. The molecule has 3 aromatic rings. The Bertz CT molecular complexity index is 1180. The summed E-state index contributed by atoms with van der Waals surface area (Å²) in [7, 11) is 0. The van der Waals surface area contributed by atoms with Crippen LogP contribution in [0, 0.1) is 0 Å². The van der Waals surface area contributed by atoms with Gasteiger partial charge in [-0.15, -0.1) is 11.3 Å². The van der Waals surface area contributed by atoms with Gasteiger partial charge >= 0.3 is 6.16 Å². The third-order valence-electron chi connectivity index (χ3n) is 5.74. The summed E-state index contributed by atoms with van der Waals surface area (Å²) in [5.74, 6) is 2.97. The number of anilines is 2. The zero-order valence-electron chi connectivity index (χ0n) is 18.7. The SMILES string of the molecule is CCOC(=O)OC1CCN(c2nc(NCCc3ccc4c(c3)OCO4)c3cc(Cl)sc3n2)CC1. The minimum atomic E-state index is -0.610. The zero-order chi connectivity index (χ0) is 23.5. The third kappa shape index (κ3) is 5.07. The highest BCUT2D eigenvalue weighted by Gasteiger charge is 2.25. The van der Waals surface area contributed by atoms with Crippen LogP contribution in [0.2, 0.25) is 4.34 Å². The van der Waals surface area contributed by atoms with Crippen LogP contribution in [0.3, 0.4) is 0 Å². The maximum Gasteiger partial charge on any atom is 0.508 e. The fraction of sp³-hybridized carbons (Fsp3) is 0.435. The molecule has 1 N–H and O–H groups in total. The Kier molecular flexibility index (Phi) is 6.77. The number of nitrogens with one attached hydrogen (secondary N) is 1. The summed E-state index contributed by atoms with van der Waals surface area (Å²) in [5.41, 5.74) is 1.15. The molecule has 1 saturated heterocycles. The van der Waals surface area contributed by atoms with Gasteiger partial charge in [0.05, 0.1) is 16.3 Å². The van der Waals surface area contributed by atoms with Gasteiger partial charge in [0, 0.05) is 32.5 Å². The molecule has 0 aliphatic carbocycles. The van der Waals surface area contributed by atoms with E-state index in [4.69, 9.17) is 40.5 Å². The van der Waals surface area contributed by atoms with Crippen molar-refractivity contribution in [3.8, 4) is 11.5 Å². The predicted molar refractivity (Wildman–Crippen MR) is 131 cm³/mol. The molecule has 11 heteroatoms. The van der Waals surface area contributed by atoms with Crippen molar-refractivity contribution in [2.45, 2.75) is 32.3 Å². The summed E-state index contributed by atoms with van der Waals surface area (Å²) in [4.78, 5) is 24.1. The molecule has 5 rings (SSSR count). The van der Waals surface area contributed by atoms with Gasteiger partial charge in [0.1, 0.15) is 16.8 Å². The van der Waals surface area contributed by atoms with Crippen LogP contribution in [0.25, 0.3) is 10.2 Å². The lowest BCUT2D eigenvalue weighted by molar-refractivity contribution is 0.0183. The number of fused-ring (bicyclic) bond motifs is 2. The smallest absolute Gasteiger partial charge is 0.454 e. The molecule has 0 unspecified atom stereocenters. The molecule has 0 spiro atoms. The van der Waals surface area contributed by atoms with E-state index >= 15 is 0 Å². The maximum atomic E-state index is 11.6. The Labute approximate surface area is 205 Å². The van der Waals surface area contributed by atoms with Crippen molar-refractivity contribution < 1.29 is 23.7 Å². The molecule has 2 aliphatic heterocycles. The van der Waals surface area contributed by atoms with Crippen LogP contribution in [-0.2, 0) is 15.9 Å². The highest BCUT2D eigenvalue weighted by Crippen LogP contribution is 2.35. The summed E-state index contributed by atoms with van der Waals surface area (Å²) >= 11 is 7.73. The maximum absolute atomic E-state index is 11.6. The second-order valence-corrected chi connectivity index (χ2v) is 9.66. The molecule has 1 aromatic carbocycles. The van der Waals surface area contributed by atoms with E-state index in [1.54, 1.807) is 6.92 Å². The Balaban J connectivity index is 1.26. The second-order valence-electron chi connectivity index (χ2n) is 7.99. The molecule has 0 radical (unpaired) electrons. The summed E-state index contributed by atoms with van der Waals surface area (Å²) in [5, 5.41) is 4.37. The van der Waals surface area contributed by atoms with Crippen molar-refractivity contribution in [2.24, 2.45) is 0 Å². The third-order valence-corrected chi connectivity index (χ3v) is 6.90. The molecule has 0 amide bonds. The van der Waals surface area contributed by atoms with Crippen LogP contribution in [-0.4, -0.2) is 55.3 Å². The van der Waals surface area contributed by atoms with Gasteiger partial charge in [0.15, 0.2) is 11.5 Å². The summed E-state index contributed by atoms with van der Waals surface area (Å²) in [6.07, 6.45) is 1.41. The summed E-state index contributed by atoms with van der Waals surface area (Å²) < 4.78 is 21.8. The van der Waals surface area contributed by atoms with Gasteiger partial charge in [0.2, 0.25) is 12.7 Å². The molecule has 0 saturated carbocycles. The Morgan fingerprint density at radius 3 is 2.88 bits per heavy atom. The molecular formula is C23H25ClN4O5S. The van der Waals surface area contributed by atoms with Crippen molar-refractivity contribution in [3.63, 3.8) is 0 Å². The molecule has 1 fully saturated rings. The van der Waals surface area contributed by atoms with Crippen molar-refractivity contribution >= 4 is 51.1 Å². The largest absolute Gasteiger partial charge is 0.508 e. The molecule has 34 heavy (non-hydrogen) atoms. The highest BCUT2D eigenvalue weighted by molar-refractivity contribution is 7.22. The molecular weight excluding hydrogens is 480 g/mol. The number of carbonyl (C=O) groups is 1. The van der Waals surface area contributed by atoms with Crippen LogP contribution in [0.1, 0.15) is 25.3 Å². The number of hydrogen-bond acceptors (Lipinski definition) is 10. The zero-order valence-corrected chi connectivity index (χ0v) is 20.3. The van der Waals surface area contributed by atoms with E-state index < -0.39 is 6.16 Å². The van der Waals surface area contributed by atoms with Gasteiger partial charge in [-0.2, -0.15) is 4.98 Å². The number of halogens is 1. The average molecular weight is 505 g/mol. The van der Waals surface area contributed by atoms with E-state index in [-0.39, 0.29) is 12.9 Å². The van der Waals surface area contributed by atoms with Crippen molar-refractivity contribution in [1.82, 2.24) is 9.97 Å². The highest BCUT2D eigenvalue weighted by atomic mass is 35.5. The van der Waals surface area contributed by atoms with Crippen molar-refractivity contribution in [1.29, 1.82) is 0 Å². The number of ether oxygens (including phenoxy) is 4. The van der Waals surface area contributed by atoms with Gasteiger partial charge in [-0.3, -0.25) is 0 Å². The van der Waals surface area contributed by atoms with Crippen LogP contribution in [0.5, 0.6) is 11.5 Å². The predicted octanol–water partition coefficient (Wildman–Crippen LogP) is 4.87. The number of hydrogen-bond donors (Lipinski definition) is 1. The minimum Gasteiger partial charge on any atom is -0.454 e. The molecule has 2 aromatic heterocycles. The summed E-state index contributed by atoms with van der Waals surface area (Å²) in [6.45, 7) is 4.39. The van der Waals surface area contributed by atoms with E-state index in [9.17, 15) is 4.79 Å². The topological polar surface area (TPSA) is 95.0 Å². The average Bonchev–Trinajstić information content (AvgIpc) is 3.45. The number of piperidine rings is 1. The lowest BCUT2D eigenvalue weighted by atomic mass is 10.1. The van der Waals surface area contributed by atoms with E-state index in [1.165, 1.54) is 11.3 Å². The first kappa shape index (κ1) is 22.8. The van der Waals surface area contributed by atoms with E-state index in [2.05, 4.69) is 10.2 Å². The van der Waals surface area contributed by atoms with Gasteiger partial charge in [-0.25, -0.2) is 9.78 Å². The number of rotatable bonds is 7. The summed E-state index contributed by atoms with van der Waals surface area (Å²) in [6, 6.07) is 7.88. The monoisotopic (exact) mass is 504 g/mol. The van der Waals surface area contributed by atoms with E-state index in [0.717, 1.165) is 39.5 Å². The van der Waals surface area contributed by atoms with Crippen LogP contribution in [0.15, 0.2) is 24.3 Å². The second kappa shape index (κ2) is 10.1. The molecule has 0 atom stereocenters. The number of thiophene rings is 1. The van der Waals surface area contributed by atoms with Crippen molar-refractivity contribution in [3.05, 3.63) is 34.2 Å². The van der Waals surface area contributed by atoms with Gasteiger partial charge in [-0.05, 0) is 37.1 Å². The van der Waals surface area contributed by atoms with Crippen LogP contribution in [0.4, 0.5) is 16.6 Å². The number of benzene rings is 1. The lowest BCUT2D eigenvalue weighted by Gasteiger charge is -2.31. The Morgan fingerprint density at radius 2 is 2.06 bits per heavy atom. The van der Waals surface area contributed by atoms with E-state index in [0.29, 0.717) is 49.4 Å². The van der Waals surface area contributed by atoms with Crippen LogP contribution < -0.4 is 19.7 Å². The number of nitrogens with zero attached hydrogens (tertiary/aromatic N) is 3. The van der Waals surface area contributed by atoms with Crippen LogP contribution >= 0.6 is 22.9 Å². The molecule has 9 nitrogen and oxygen atoms in total. The van der Waals surface area contributed by atoms with Gasteiger partial charge in [-0.1, -0.05) is 17.7 Å². The van der Waals surface area contributed by atoms with Gasteiger partial charge in [0.25, 0.3) is 0 Å². The first-order valence-corrected chi connectivity index (χ1v) is 12.5. The normalized spacial score (nSPS) is 15.5. The molecule has 0 bridgehead atoms. The fourth-order valence-corrected chi connectivity index (χ4v) is 5.12. The fourth-order valence-electron chi connectivity index (χ4n) is 4.04. The van der Waals surface area contributed by atoms with E-state index in [1.807, 2.05) is 24.3 Å². The number of carbonyl (C=O) groups excluding carboxylic acids is 1. The Hall–Kier alpha value is -2.98. The van der Waals surface area contributed by atoms with Crippen molar-refractivity contribution in [2.75, 3.05) is 43.3 Å². The van der Waals surface area contributed by atoms with Gasteiger partial charge < -0.3 is 29.2 Å². The first-order valence-electron chi connectivity index (χ1n) is 11.3. The standard InChI is InChI=1S/C23H25ClN4O5S/c1-2-30-23(29)33-15-6-9-28(10-7-15)22-26-20(16-12-19(24)34-21(16)27-22)25-8-5-14-3-4-17-18(11-14)32-13-31-17/h3-4,11-12,15H,2,5-10,13H2,1H3,(H,25,26,27). The lowest BCUT2D eigenvalue weighted by Crippen LogP contribution is -2.39. The minimum absolute atomic E-state index is 0.158. The molecule has 2 aliphatic rings. The first-order chi connectivity index (χ1) is 16.6. The molecule has 4 heterocycles. The molecule has 180 valence electrons. The number of aromatic nitrogens is 2. The quantitative estimate of drug-likeness (QED) is 0.452.